The van der Waals surface area contributed by atoms with Crippen LogP contribution in [0.25, 0.3) is 22.3 Å². The summed E-state index contributed by atoms with van der Waals surface area (Å²) in [5, 5.41) is 6.40. The van der Waals surface area contributed by atoms with Crippen molar-refractivity contribution in [3.8, 4) is 23.3 Å². The Balaban J connectivity index is 1.36. The third kappa shape index (κ3) is 5.13. The van der Waals surface area contributed by atoms with E-state index in [4.69, 9.17) is 15.2 Å². The molecule has 1 aliphatic carbocycles. The van der Waals surface area contributed by atoms with Crippen molar-refractivity contribution in [1.82, 2.24) is 30.2 Å². The zero-order valence-corrected chi connectivity index (χ0v) is 25.3. The highest BCUT2D eigenvalue weighted by atomic mass is 19.4. The average Bonchev–Trinajstić information content (AvgIpc) is 3.18. The van der Waals surface area contributed by atoms with Crippen molar-refractivity contribution in [2.24, 2.45) is 5.41 Å². The van der Waals surface area contributed by atoms with E-state index in [1.165, 1.54) is 6.92 Å². The van der Waals surface area contributed by atoms with Gasteiger partial charge in [-0.15, -0.1) is 0 Å². The molecule has 0 radical (unpaired) electrons. The minimum Gasteiger partial charge on any atom is -0.474 e. The zero-order chi connectivity index (χ0) is 32.6. The van der Waals surface area contributed by atoms with Crippen LogP contribution in [0.3, 0.4) is 0 Å². The minimum atomic E-state index is -4.90. The van der Waals surface area contributed by atoms with Gasteiger partial charge < -0.3 is 25.8 Å². The van der Waals surface area contributed by atoms with Gasteiger partial charge >= 0.3 is 12.2 Å². The van der Waals surface area contributed by atoms with Crippen LogP contribution in [-0.4, -0.2) is 81.7 Å². The van der Waals surface area contributed by atoms with Crippen LogP contribution in [0.2, 0.25) is 0 Å². The first-order valence-electron chi connectivity index (χ1n) is 15.3. The third-order valence-electron chi connectivity index (χ3n) is 9.69. The number of rotatable bonds is 4. The lowest BCUT2D eigenvalue weighted by atomic mass is 9.89. The largest absolute Gasteiger partial charge is 0.474 e. The highest BCUT2D eigenvalue weighted by molar-refractivity contribution is 5.96. The fraction of sp³-hybridized carbons (Fsp3) is 0.600. The summed E-state index contributed by atoms with van der Waals surface area (Å²) in [4.78, 5) is 19.0. The lowest BCUT2D eigenvalue weighted by Gasteiger charge is -2.31. The first-order valence-corrected chi connectivity index (χ1v) is 15.3. The molecule has 3 aromatic rings. The van der Waals surface area contributed by atoms with E-state index in [0.29, 0.717) is 39.0 Å². The molecule has 1 saturated carbocycles. The van der Waals surface area contributed by atoms with E-state index in [2.05, 4.69) is 30.6 Å². The van der Waals surface area contributed by atoms with Crippen LogP contribution in [0.4, 0.5) is 38.0 Å². The van der Waals surface area contributed by atoms with Crippen LogP contribution >= 0.6 is 0 Å². The van der Waals surface area contributed by atoms with Crippen LogP contribution in [0.1, 0.15) is 50.2 Å². The smallest absolute Gasteiger partial charge is 0.418 e. The Morgan fingerprint density at radius 3 is 2.63 bits per heavy atom. The van der Waals surface area contributed by atoms with Gasteiger partial charge in [0.2, 0.25) is 5.88 Å². The standard InChI is InChI=1S/C30H34F6N8O2/c1-15-10-17(37)40-22(19(15)30(34,35)36)23-20(31)21-18-24(39-8-7-38-6-4-16(2)46-25(18)41-23)43-26(42-21)45-14-28-5-3-9-44(28)13-27(11-28)12-29(27,32)33/h10,16,38H,3-9,11-14H2,1-2H3,(H2,37,40)(H,39,42,43)/t16-,27?,28-/m0/s1. The molecule has 0 bridgehead atoms. The van der Waals surface area contributed by atoms with E-state index >= 15 is 4.39 Å². The van der Waals surface area contributed by atoms with Gasteiger partial charge in [-0.05, 0) is 64.3 Å². The number of aromatic nitrogens is 4. The number of fused-ring (bicyclic) bond motifs is 1. The number of alkyl halides is 5. The van der Waals surface area contributed by atoms with Crippen molar-refractivity contribution < 1.29 is 35.8 Å². The van der Waals surface area contributed by atoms with E-state index in [1.54, 1.807) is 6.92 Å². The monoisotopic (exact) mass is 652 g/mol. The second-order valence-electron chi connectivity index (χ2n) is 13.0. The minimum absolute atomic E-state index is 0.00846. The van der Waals surface area contributed by atoms with Gasteiger partial charge in [0.25, 0.3) is 5.92 Å². The van der Waals surface area contributed by atoms with Gasteiger partial charge in [0.15, 0.2) is 5.82 Å². The number of pyridine rings is 2. The Morgan fingerprint density at radius 1 is 1.11 bits per heavy atom. The van der Waals surface area contributed by atoms with Gasteiger partial charge in [0.05, 0.1) is 22.6 Å². The van der Waals surface area contributed by atoms with Crippen molar-refractivity contribution in [2.45, 2.75) is 69.7 Å². The number of nitrogens with zero attached hydrogens (tertiary/aromatic N) is 5. The molecule has 16 heteroatoms. The summed E-state index contributed by atoms with van der Waals surface area (Å²) < 4.78 is 100. The highest BCUT2D eigenvalue weighted by Gasteiger charge is 2.77. The predicted molar refractivity (Wildman–Crippen MR) is 156 cm³/mol. The van der Waals surface area contributed by atoms with Gasteiger partial charge in [-0.3, -0.25) is 4.90 Å². The van der Waals surface area contributed by atoms with Crippen LogP contribution in [0, 0.1) is 18.2 Å². The molecule has 10 nitrogen and oxygen atoms in total. The van der Waals surface area contributed by atoms with Crippen LogP contribution < -0.4 is 25.8 Å². The Morgan fingerprint density at radius 2 is 1.89 bits per heavy atom. The molecule has 2 saturated heterocycles. The van der Waals surface area contributed by atoms with Crippen molar-refractivity contribution in [3.05, 3.63) is 23.0 Å². The topological polar surface area (TPSA) is 123 Å². The molecule has 46 heavy (non-hydrogen) atoms. The van der Waals surface area contributed by atoms with Crippen molar-refractivity contribution in [2.75, 3.05) is 50.4 Å². The maximum atomic E-state index is 16.6. The average molecular weight is 653 g/mol. The molecule has 3 aromatic heterocycles. The fourth-order valence-corrected chi connectivity index (χ4v) is 7.38. The summed E-state index contributed by atoms with van der Waals surface area (Å²) in [5.74, 6) is -4.24. The molecule has 1 unspecified atom stereocenters. The molecule has 1 spiro atoms. The molecule has 248 valence electrons. The number of ether oxygens (including phenoxy) is 2. The highest BCUT2D eigenvalue weighted by Crippen LogP contribution is 2.69. The molecule has 0 aromatic carbocycles. The lowest BCUT2D eigenvalue weighted by molar-refractivity contribution is -0.137. The van der Waals surface area contributed by atoms with E-state index in [9.17, 15) is 22.0 Å². The van der Waals surface area contributed by atoms with Gasteiger partial charge in [-0.2, -0.15) is 23.1 Å². The SMILES string of the molecule is Cc1cc(N)nc(-c2nc3c4c(nc(OC[C@@]56CCCN5CC5(CC5(F)F)C6)nc4c2F)NCCNCC[C@H](C)O3)c1C(F)(F)F. The quantitative estimate of drug-likeness (QED) is 0.334. The van der Waals surface area contributed by atoms with Gasteiger partial charge in [0, 0.05) is 26.1 Å². The molecule has 6 heterocycles. The second-order valence-corrected chi connectivity index (χ2v) is 13.0. The maximum Gasteiger partial charge on any atom is 0.418 e. The molecule has 0 amide bonds. The number of nitrogen functional groups attached to an aromatic ring is 1. The first kappa shape index (κ1) is 31.0. The van der Waals surface area contributed by atoms with E-state index < -0.39 is 51.9 Å². The molecule has 3 atom stereocenters. The molecule has 4 N–H and O–H groups in total. The van der Waals surface area contributed by atoms with E-state index in [-0.39, 0.29) is 66.0 Å². The van der Waals surface area contributed by atoms with Crippen LogP contribution in [0.15, 0.2) is 6.07 Å². The number of nitrogens with one attached hydrogen (secondary N) is 2. The fourth-order valence-electron chi connectivity index (χ4n) is 7.38. The Bertz CT molecular complexity index is 1710. The molecular formula is C30H34F6N8O2. The summed E-state index contributed by atoms with van der Waals surface area (Å²) in [6.07, 6.45) is -3.28. The molecule has 3 aliphatic heterocycles. The predicted octanol–water partition coefficient (Wildman–Crippen LogP) is 4.95. The zero-order valence-electron chi connectivity index (χ0n) is 25.3. The maximum absolute atomic E-state index is 16.6. The molecule has 4 aliphatic rings. The Hall–Kier alpha value is -3.66. The third-order valence-corrected chi connectivity index (χ3v) is 9.69. The summed E-state index contributed by atoms with van der Waals surface area (Å²) in [5.41, 5.74) is 0.741. The summed E-state index contributed by atoms with van der Waals surface area (Å²) in [6.45, 7) is 5.34. The Labute approximate surface area is 260 Å². The number of aryl methyl sites for hydroxylation is 1. The van der Waals surface area contributed by atoms with Crippen molar-refractivity contribution >= 4 is 22.5 Å². The Kier molecular flexibility index (Phi) is 7.19. The van der Waals surface area contributed by atoms with E-state index in [0.717, 1.165) is 12.5 Å². The lowest BCUT2D eigenvalue weighted by Crippen LogP contribution is -2.43. The molecular weight excluding hydrogens is 618 g/mol. The van der Waals surface area contributed by atoms with Crippen LogP contribution in [-0.2, 0) is 6.18 Å². The summed E-state index contributed by atoms with van der Waals surface area (Å²) in [7, 11) is 0. The second kappa shape index (κ2) is 10.7. The number of halogens is 6. The first-order chi connectivity index (χ1) is 21.7. The van der Waals surface area contributed by atoms with Gasteiger partial charge in [-0.25, -0.2) is 23.1 Å². The summed E-state index contributed by atoms with van der Waals surface area (Å²) in [6, 6.07) is 0.796. The van der Waals surface area contributed by atoms with Crippen molar-refractivity contribution in [1.29, 1.82) is 0 Å². The number of hydrogen-bond donors (Lipinski definition) is 3. The van der Waals surface area contributed by atoms with Crippen molar-refractivity contribution in [3.63, 3.8) is 0 Å². The molecule has 7 rings (SSSR count). The number of anilines is 2. The molecule has 3 fully saturated rings. The van der Waals surface area contributed by atoms with E-state index in [1.807, 2.05) is 4.90 Å². The van der Waals surface area contributed by atoms with Gasteiger partial charge in [-0.1, -0.05) is 0 Å². The summed E-state index contributed by atoms with van der Waals surface area (Å²) >= 11 is 0. The van der Waals surface area contributed by atoms with Gasteiger partial charge in [0.1, 0.15) is 40.5 Å². The normalized spacial score (nSPS) is 27.6. The number of nitrogens with two attached hydrogens (primary N) is 1. The van der Waals surface area contributed by atoms with Crippen LogP contribution in [0.5, 0.6) is 11.9 Å². The number of hydrogen-bond acceptors (Lipinski definition) is 10.